The third-order valence-corrected chi connectivity index (χ3v) is 5.10. The maximum absolute atomic E-state index is 12.9. The Morgan fingerprint density at radius 2 is 2.04 bits per heavy atom. The molecule has 2 fully saturated rings. The topological polar surface area (TPSA) is 38.1 Å². The fraction of sp³-hybridized carbons (Fsp3) is 0.750. The first kappa shape index (κ1) is 16.3. The number of aromatic nitrogens is 2. The largest absolute Gasteiger partial charge is 0.391 e. The molecular weight excluding hydrogens is 307 g/mol. The Balaban J connectivity index is 1.64. The van der Waals surface area contributed by atoms with Crippen molar-refractivity contribution in [2.45, 2.75) is 57.3 Å². The highest BCUT2D eigenvalue weighted by molar-refractivity contribution is 5.79. The summed E-state index contributed by atoms with van der Waals surface area (Å²) in [5, 5.41) is 4.16. The van der Waals surface area contributed by atoms with Crippen LogP contribution in [0.15, 0.2) is 18.5 Å². The SMILES string of the molecule is O=C([C@@H]1CCC[C@H](C(F)(F)F)C1)N1CCC[C@@H]1Cn1cccn1. The molecule has 1 aromatic heterocycles. The lowest BCUT2D eigenvalue weighted by molar-refractivity contribution is -0.187. The summed E-state index contributed by atoms with van der Waals surface area (Å²) in [5.74, 6) is -1.89. The van der Waals surface area contributed by atoms with E-state index in [1.54, 1.807) is 15.8 Å². The van der Waals surface area contributed by atoms with Crippen molar-refractivity contribution in [1.29, 1.82) is 0 Å². The second-order valence-corrected chi connectivity index (χ2v) is 6.66. The molecule has 2 heterocycles. The minimum absolute atomic E-state index is 0.0483. The number of nitrogens with zero attached hydrogens (tertiary/aromatic N) is 3. The number of carbonyl (C=O) groups excluding carboxylic acids is 1. The van der Waals surface area contributed by atoms with Crippen molar-refractivity contribution in [1.82, 2.24) is 14.7 Å². The van der Waals surface area contributed by atoms with Crippen molar-refractivity contribution in [2.24, 2.45) is 11.8 Å². The molecule has 1 aliphatic carbocycles. The minimum atomic E-state index is -4.18. The third kappa shape index (κ3) is 3.70. The highest BCUT2D eigenvalue weighted by atomic mass is 19.4. The zero-order valence-corrected chi connectivity index (χ0v) is 13.0. The summed E-state index contributed by atoms with van der Waals surface area (Å²) in [6, 6.07) is 1.88. The molecule has 1 amide bonds. The van der Waals surface area contributed by atoms with Gasteiger partial charge in [-0.25, -0.2) is 0 Å². The van der Waals surface area contributed by atoms with Gasteiger partial charge in [-0.1, -0.05) is 6.42 Å². The van der Waals surface area contributed by atoms with Gasteiger partial charge in [-0.3, -0.25) is 9.48 Å². The third-order valence-electron chi connectivity index (χ3n) is 5.10. The first-order chi connectivity index (χ1) is 10.9. The Labute approximate surface area is 133 Å². The number of hydrogen-bond acceptors (Lipinski definition) is 2. The fourth-order valence-corrected chi connectivity index (χ4v) is 3.89. The van der Waals surface area contributed by atoms with Crippen molar-refractivity contribution in [3.05, 3.63) is 18.5 Å². The first-order valence-corrected chi connectivity index (χ1v) is 8.30. The number of rotatable bonds is 3. The van der Waals surface area contributed by atoms with Crippen molar-refractivity contribution in [2.75, 3.05) is 6.54 Å². The summed E-state index contributed by atoms with van der Waals surface area (Å²) in [5.41, 5.74) is 0. The van der Waals surface area contributed by atoms with Crippen molar-refractivity contribution in [3.8, 4) is 0 Å². The van der Waals surface area contributed by atoms with Crippen LogP contribution >= 0.6 is 0 Å². The smallest absolute Gasteiger partial charge is 0.338 e. The standard InChI is InChI=1S/C16H22F3N3O/c17-16(18,19)13-5-1-4-12(10-13)15(23)22-9-2-6-14(22)11-21-8-3-7-20-21/h3,7-8,12-14H,1-2,4-6,9-11H2/t12-,13+,14-/m1/s1. The minimum Gasteiger partial charge on any atom is -0.338 e. The number of amides is 1. The maximum atomic E-state index is 12.9. The van der Waals surface area contributed by atoms with Gasteiger partial charge in [0.25, 0.3) is 0 Å². The summed E-state index contributed by atoms with van der Waals surface area (Å²) < 4.78 is 40.6. The van der Waals surface area contributed by atoms with Crippen LogP contribution in [0.4, 0.5) is 13.2 Å². The van der Waals surface area contributed by atoms with E-state index >= 15 is 0 Å². The number of likely N-dealkylation sites (tertiary alicyclic amines) is 1. The van der Waals surface area contributed by atoms with Gasteiger partial charge in [0.15, 0.2) is 0 Å². The van der Waals surface area contributed by atoms with E-state index in [4.69, 9.17) is 0 Å². The van der Waals surface area contributed by atoms with Gasteiger partial charge < -0.3 is 4.90 Å². The fourth-order valence-electron chi connectivity index (χ4n) is 3.89. The Bertz CT molecular complexity index is 529. The molecule has 1 aliphatic heterocycles. The summed E-state index contributed by atoms with van der Waals surface area (Å²) >= 11 is 0. The van der Waals surface area contributed by atoms with Crippen LogP contribution in [0.1, 0.15) is 38.5 Å². The van der Waals surface area contributed by atoms with Crippen LogP contribution in [-0.4, -0.2) is 39.4 Å². The Hall–Kier alpha value is -1.53. The normalized spacial score (nSPS) is 29.0. The van der Waals surface area contributed by atoms with Gasteiger partial charge in [0, 0.05) is 24.9 Å². The number of halogens is 3. The van der Waals surface area contributed by atoms with Crippen LogP contribution < -0.4 is 0 Å². The van der Waals surface area contributed by atoms with E-state index in [1.807, 2.05) is 12.3 Å². The lowest BCUT2D eigenvalue weighted by atomic mass is 9.80. The summed E-state index contributed by atoms with van der Waals surface area (Å²) in [6.45, 7) is 1.27. The summed E-state index contributed by atoms with van der Waals surface area (Å²) in [7, 11) is 0. The van der Waals surface area contributed by atoms with E-state index in [2.05, 4.69) is 5.10 Å². The second-order valence-electron chi connectivity index (χ2n) is 6.66. The summed E-state index contributed by atoms with van der Waals surface area (Å²) in [4.78, 5) is 14.5. The molecular formula is C16H22F3N3O. The molecule has 0 unspecified atom stereocenters. The lowest BCUT2D eigenvalue weighted by Crippen LogP contribution is -2.44. The zero-order valence-electron chi connectivity index (χ0n) is 13.0. The Kier molecular flexibility index (Phi) is 4.64. The van der Waals surface area contributed by atoms with Crippen LogP contribution in [0.5, 0.6) is 0 Å². The maximum Gasteiger partial charge on any atom is 0.391 e. The van der Waals surface area contributed by atoms with Gasteiger partial charge in [-0.05, 0) is 38.2 Å². The van der Waals surface area contributed by atoms with Crippen LogP contribution in [0.3, 0.4) is 0 Å². The molecule has 0 bridgehead atoms. The predicted octanol–water partition coefficient (Wildman–Crippen LogP) is 3.24. The molecule has 7 heteroatoms. The average Bonchev–Trinajstić information content (AvgIpc) is 3.18. The Morgan fingerprint density at radius 3 is 2.74 bits per heavy atom. The van der Waals surface area contributed by atoms with Crippen LogP contribution in [0.2, 0.25) is 0 Å². The molecule has 1 saturated carbocycles. The highest BCUT2D eigenvalue weighted by Gasteiger charge is 2.45. The van der Waals surface area contributed by atoms with Gasteiger partial charge in [0.1, 0.15) is 0 Å². The van der Waals surface area contributed by atoms with Crippen LogP contribution in [0, 0.1) is 11.8 Å². The van der Waals surface area contributed by atoms with Gasteiger partial charge in [0.05, 0.1) is 18.5 Å². The first-order valence-electron chi connectivity index (χ1n) is 8.30. The summed E-state index contributed by atoms with van der Waals surface area (Å²) in [6.07, 6.45) is 2.33. The molecule has 2 aliphatic rings. The van der Waals surface area contributed by atoms with Gasteiger partial charge in [-0.2, -0.15) is 18.3 Å². The van der Waals surface area contributed by atoms with Gasteiger partial charge in [-0.15, -0.1) is 0 Å². The molecule has 128 valence electrons. The van der Waals surface area contributed by atoms with Gasteiger partial charge >= 0.3 is 6.18 Å². The van der Waals surface area contributed by atoms with Crippen molar-refractivity contribution in [3.63, 3.8) is 0 Å². The molecule has 3 rings (SSSR count). The molecule has 23 heavy (non-hydrogen) atoms. The van der Waals surface area contributed by atoms with Crippen molar-refractivity contribution < 1.29 is 18.0 Å². The predicted molar refractivity (Wildman–Crippen MR) is 78.5 cm³/mol. The van der Waals surface area contributed by atoms with E-state index < -0.39 is 18.0 Å². The van der Waals surface area contributed by atoms with E-state index in [-0.39, 0.29) is 24.8 Å². The van der Waals surface area contributed by atoms with Crippen LogP contribution in [-0.2, 0) is 11.3 Å². The molecule has 0 spiro atoms. The highest BCUT2D eigenvalue weighted by Crippen LogP contribution is 2.41. The second kappa shape index (κ2) is 6.53. The number of alkyl halides is 3. The van der Waals surface area contributed by atoms with E-state index in [0.717, 1.165) is 12.8 Å². The molecule has 3 atom stereocenters. The van der Waals surface area contributed by atoms with Crippen LogP contribution in [0.25, 0.3) is 0 Å². The number of carbonyl (C=O) groups is 1. The van der Waals surface area contributed by atoms with Crippen molar-refractivity contribution >= 4 is 5.91 Å². The molecule has 1 saturated heterocycles. The van der Waals surface area contributed by atoms with Gasteiger partial charge in [0.2, 0.25) is 5.91 Å². The lowest BCUT2D eigenvalue weighted by Gasteiger charge is -2.34. The quantitative estimate of drug-likeness (QED) is 0.854. The molecule has 0 radical (unpaired) electrons. The Morgan fingerprint density at radius 1 is 1.22 bits per heavy atom. The van der Waals surface area contributed by atoms with E-state index in [1.165, 1.54) is 0 Å². The molecule has 1 aromatic rings. The van der Waals surface area contributed by atoms with E-state index in [0.29, 0.717) is 25.9 Å². The molecule has 0 aromatic carbocycles. The number of hydrogen-bond donors (Lipinski definition) is 0. The zero-order chi connectivity index (χ0) is 16.4. The monoisotopic (exact) mass is 329 g/mol. The molecule has 4 nitrogen and oxygen atoms in total. The van der Waals surface area contributed by atoms with E-state index in [9.17, 15) is 18.0 Å². The average molecular weight is 329 g/mol. The molecule has 0 N–H and O–H groups in total.